The highest BCUT2D eigenvalue weighted by Crippen LogP contribution is 2.58. The highest BCUT2D eigenvalue weighted by molar-refractivity contribution is 6.16. The van der Waals surface area contributed by atoms with E-state index in [2.05, 4.69) is 5.32 Å². The van der Waals surface area contributed by atoms with Crippen LogP contribution in [-0.4, -0.2) is 110 Å². The number of nitrogens with one attached hydrogen (secondary N) is 1. The average Bonchev–Trinajstić information content (AvgIpc) is 3.38. The summed E-state index contributed by atoms with van der Waals surface area (Å²) in [7, 11) is 3.17. The number of rotatable bonds is 4. The van der Waals surface area contributed by atoms with Crippen molar-refractivity contribution in [3.8, 4) is 11.5 Å². The van der Waals surface area contributed by atoms with E-state index in [1.165, 1.54) is 11.8 Å². The highest BCUT2D eigenvalue weighted by Gasteiger charge is 2.68. The number of aliphatic hydroxyl groups excluding tert-OH is 2. The van der Waals surface area contributed by atoms with Gasteiger partial charge in [0.1, 0.15) is 23.2 Å². The number of Topliss-reactive ketones (excluding diaryl/α,β-unsaturated/α-hetero) is 2. The molecule has 0 radical (unpaired) electrons. The van der Waals surface area contributed by atoms with E-state index in [0.717, 1.165) is 38.1 Å². The van der Waals surface area contributed by atoms with Crippen LogP contribution in [0.5, 0.6) is 11.5 Å². The van der Waals surface area contributed by atoms with Gasteiger partial charge in [0.05, 0.1) is 23.9 Å². The number of aromatic hydroxyl groups is 2. The van der Waals surface area contributed by atoms with Gasteiger partial charge in [0.25, 0.3) is 0 Å². The van der Waals surface area contributed by atoms with Crippen LogP contribution >= 0.6 is 0 Å². The third-order valence-electron chi connectivity index (χ3n) is 9.12. The first kappa shape index (κ1) is 27.5. The molecule has 0 aromatic heterocycles. The number of fused-ring (bicyclic) bond motifs is 3. The number of benzene rings is 1. The number of phenols is 2. The maximum atomic E-state index is 13.9. The molecule has 1 aromatic rings. The molecule has 0 bridgehead atoms. The van der Waals surface area contributed by atoms with E-state index in [1.54, 1.807) is 14.1 Å². The van der Waals surface area contributed by atoms with Gasteiger partial charge < -0.3 is 40.9 Å². The first-order valence-corrected chi connectivity index (χ1v) is 13.1. The van der Waals surface area contributed by atoms with Gasteiger partial charge in [-0.25, -0.2) is 0 Å². The zero-order chi connectivity index (χ0) is 28.6. The number of hydrogen-bond donors (Lipinski definition) is 7. The molecule has 12 heteroatoms. The van der Waals surface area contributed by atoms with Gasteiger partial charge in [-0.2, -0.15) is 0 Å². The van der Waals surface area contributed by atoms with Crippen LogP contribution in [0.1, 0.15) is 42.1 Å². The second kappa shape index (κ2) is 9.27. The molecule has 1 heterocycles. The fraction of sp³-hybridized carbons (Fsp3) is 0.593. The summed E-state index contributed by atoms with van der Waals surface area (Å²) in [6.45, 7) is 3.00. The van der Waals surface area contributed by atoms with Gasteiger partial charge in [0.2, 0.25) is 5.91 Å². The SMILES string of the molecule is CN(C)[C@@H]1C(O)C(C(=O)NCN2CCCC2)C(=O)[C@@]2(O)C(O)=C3C(=O)c4c(O)ccc(O)c4[C@@](C)(O)C3C[C@@H]12. The lowest BCUT2D eigenvalue weighted by Crippen LogP contribution is -2.72. The van der Waals surface area contributed by atoms with Crippen molar-refractivity contribution in [3.63, 3.8) is 0 Å². The van der Waals surface area contributed by atoms with Crippen LogP contribution in [0.4, 0.5) is 0 Å². The molecule has 1 saturated heterocycles. The van der Waals surface area contributed by atoms with Crippen molar-refractivity contribution in [3.05, 3.63) is 34.6 Å². The molecular weight excluding hydrogens is 510 g/mol. The lowest BCUT2D eigenvalue weighted by atomic mass is 9.53. The number of aliphatic hydroxyl groups is 4. The Hall–Kier alpha value is -3.03. The number of carbonyl (C=O) groups is 3. The van der Waals surface area contributed by atoms with Crippen LogP contribution in [0.2, 0.25) is 0 Å². The maximum Gasteiger partial charge on any atom is 0.234 e. The zero-order valence-electron chi connectivity index (χ0n) is 22.1. The van der Waals surface area contributed by atoms with Crippen LogP contribution in [0.3, 0.4) is 0 Å². The van der Waals surface area contributed by atoms with Crippen LogP contribution in [0.25, 0.3) is 0 Å². The molecule has 0 spiro atoms. The molecule has 212 valence electrons. The Kier molecular flexibility index (Phi) is 6.55. The van der Waals surface area contributed by atoms with Crippen LogP contribution in [-0.2, 0) is 15.2 Å². The average molecular weight is 546 g/mol. The van der Waals surface area contributed by atoms with Crippen molar-refractivity contribution >= 4 is 17.5 Å². The third kappa shape index (κ3) is 3.80. The molecule has 1 amide bonds. The fourth-order valence-electron chi connectivity index (χ4n) is 7.19. The number of amides is 1. The van der Waals surface area contributed by atoms with Crippen molar-refractivity contribution in [2.75, 3.05) is 33.9 Å². The molecule has 7 atom stereocenters. The van der Waals surface area contributed by atoms with Gasteiger partial charge in [-0.15, -0.1) is 0 Å². The summed E-state index contributed by atoms with van der Waals surface area (Å²) in [5, 5.41) is 70.0. The Morgan fingerprint density at radius 1 is 1.10 bits per heavy atom. The molecule has 1 aromatic carbocycles. The summed E-state index contributed by atoms with van der Waals surface area (Å²) >= 11 is 0. The van der Waals surface area contributed by atoms with Gasteiger partial charge in [-0.1, -0.05) is 0 Å². The predicted molar refractivity (Wildman–Crippen MR) is 136 cm³/mol. The van der Waals surface area contributed by atoms with Gasteiger partial charge in [0, 0.05) is 29.0 Å². The molecule has 3 aliphatic carbocycles. The lowest BCUT2D eigenvalue weighted by Gasteiger charge is -2.55. The maximum absolute atomic E-state index is 13.9. The molecule has 39 heavy (non-hydrogen) atoms. The Bertz CT molecular complexity index is 1270. The van der Waals surface area contributed by atoms with E-state index >= 15 is 0 Å². The molecule has 12 nitrogen and oxygen atoms in total. The normalized spacial score (nSPS) is 36.5. The predicted octanol–water partition coefficient (Wildman–Crippen LogP) is -0.660. The topological polar surface area (TPSA) is 191 Å². The quantitative estimate of drug-likeness (QED) is 0.188. The number of likely N-dealkylation sites (N-methyl/N-ethyl adjacent to an activating group) is 1. The number of ketones is 2. The van der Waals surface area contributed by atoms with E-state index in [4.69, 9.17) is 0 Å². The van der Waals surface area contributed by atoms with Gasteiger partial charge in [0.15, 0.2) is 17.2 Å². The zero-order valence-corrected chi connectivity index (χ0v) is 22.1. The van der Waals surface area contributed by atoms with Crippen molar-refractivity contribution in [2.45, 2.75) is 49.5 Å². The monoisotopic (exact) mass is 545 g/mol. The number of carbonyl (C=O) groups excluding carboxylic acids is 3. The summed E-state index contributed by atoms with van der Waals surface area (Å²) in [5.74, 6) is -9.14. The van der Waals surface area contributed by atoms with Gasteiger partial charge in [-0.05, 0) is 65.5 Å². The Morgan fingerprint density at radius 2 is 1.72 bits per heavy atom. The van der Waals surface area contributed by atoms with E-state index < -0.39 is 87.0 Å². The van der Waals surface area contributed by atoms with Crippen LogP contribution < -0.4 is 5.32 Å². The van der Waals surface area contributed by atoms with Crippen LogP contribution in [0, 0.1) is 17.8 Å². The molecule has 1 aliphatic heterocycles. The van der Waals surface area contributed by atoms with Crippen molar-refractivity contribution in [2.24, 2.45) is 17.8 Å². The second-order valence-corrected chi connectivity index (χ2v) is 11.6. The summed E-state index contributed by atoms with van der Waals surface area (Å²) in [6, 6.07) is 1.15. The summed E-state index contributed by atoms with van der Waals surface area (Å²) in [5.41, 5.74) is -5.91. The standard InChI is InChI=1S/C27H35N3O9/c1-26(38)12-10-13-20(29(2)3)22(34)18(25(37)28-11-30-8-4-5-9-30)24(36)27(13,39)23(35)16(12)21(33)17-14(31)6-7-15(32)19(17)26/h6-7,12-13,18,20,22,31-32,34-35,38-39H,4-5,8-11H2,1-3H3,(H,28,37)/t12?,13-,18?,20-,22?,26-,27-/m0/s1. The van der Waals surface area contributed by atoms with Crippen molar-refractivity contribution in [1.82, 2.24) is 15.1 Å². The minimum absolute atomic E-state index is 0.153. The minimum Gasteiger partial charge on any atom is -0.508 e. The number of phenolic OH excluding ortho intramolecular Hbond substituents is 2. The summed E-state index contributed by atoms with van der Waals surface area (Å²) in [6.07, 6.45) is 0.125. The second-order valence-electron chi connectivity index (χ2n) is 11.6. The molecule has 3 unspecified atom stereocenters. The van der Waals surface area contributed by atoms with E-state index in [9.17, 15) is 45.0 Å². The molecule has 2 fully saturated rings. The van der Waals surface area contributed by atoms with Crippen molar-refractivity contribution < 1.29 is 45.0 Å². The molecular formula is C27H35N3O9. The van der Waals surface area contributed by atoms with Crippen LogP contribution in [0.15, 0.2) is 23.5 Å². The van der Waals surface area contributed by atoms with Gasteiger partial charge in [-0.3, -0.25) is 19.3 Å². The smallest absolute Gasteiger partial charge is 0.234 e. The number of nitrogens with zero attached hydrogens (tertiary/aromatic N) is 2. The number of likely N-dealkylation sites (tertiary alicyclic amines) is 1. The Morgan fingerprint density at radius 3 is 2.33 bits per heavy atom. The molecule has 1 saturated carbocycles. The summed E-state index contributed by atoms with van der Waals surface area (Å²) < 4.78 is 0. The Balaban J connectivity index is 1.63. The minimum atomic E-state index is -2.73. The molecule has 5 rings (SSSR count). The largest absolute Gasteiger partial charge is 0.508 e. The van der Waals surface area contributed by atoms with E-state index in [1.807, 2.05) is 4.90 Å². The first-order valence-electron chi connectivity index (χ1n) is 13.1. The summed E-state index contributed by atoms with van der Waals surface area (Å²) in [4.78, 5) is 44.2. The van der Waals surface area contributed by atoms with E-state index in [0.29, 0.717) is 0 Å². The fourth-order valence-corrected chi connectivity index (χ4v) is 7.19. The van der Waals surface area contributed by atoms with Gasteiger partial charge >= 0.3 is 0 Å². The third-order valence-corrected chi connectivity index (χ3v) is 9.12. The number of hydrogen-bond acceptors (Lipinski definition) is 11. The van der Waals surface area contributed by atoms with E-state index in [-0.39, 0.29) is 18.7 Å². The molecule has 7 N–H and O–H groups in total. The first-order chi connectivity index (χ1) is 18.2. The Labute approximate surface area is 225 Å². The van der Waals surface area contributed by atoms with Crippen molar-refractivity contribution in [1.29, 1.82) is 0 Å². The lowest BCUT2D eigenvalue weighted by molar-refractivity contribution is -0.182. The highest BCUT2D eigenvalue weighted by atomic mass is 16.4. The molecule has 4 aliphatic rings.